The van der Waals surface area contributed by atoms with Gasteiger partial charge in [-0.05, 0) is 18.6 Å². The highest BCUT2D eigenvalue weighted by atomic mass is 16.5. The van der Waals surface area contributed by atoms with Gasteiger partial charge in [0.15, 0.2) is 6.10 Å². The highest BCUT2D eigenvalue weighted by Crippen LogP contribution is 2.17. The molecule has 0 heterocycles. The molecule has 24 heavy (non-hydrogen) atoms. The van der Waals surface area contributed by atoms with Gasteiger partial charge in [-0.3, -0.25) is 0 Å². The second-order valence-corrected chi connectivity index (χ2v) is 6.45. The Morgan fingerprint density at radius 2 is 2.00 bits per heavy atom. The predicted octanol–water partition coefficient (Wildman–Crippen LogP) is 1.78. The summed E-state index contributed by atoms with van der Waals surface area (Å²) in [6.45, 7) is 8.14. The van der Waals surface area contributed by atoms with Gasteiger partial charge < -0.3 is 25.8 Å². The lowest BCUT2D eigenvalue weighted by molar-refractivity contribution is -0.815. The van der Waals surface area contributed by atoms with E-state index in [4.69, 9.17) is 10.5 Å². The van der Waals surface area contributed by atoms with Crippen LogP contribution in [0.5, 0.6) is 0 Å². The SMILES string of the molecule is C=C([C@@H](O)c1ccccc1)[NH+]([O-])C[C@H](C)[C@@H](OC)[C@@H](N)CCCC. The van der Waals surface area contributed by atoms with Crippen molar-refractivity contribution >= 4 is 0 Å². The lowest BCUT2D eigenvalue weighted by atomic mass is 9.94. The molecule has 5 nitrogen and oxygen atoms in total. The summed E-state index contributed by atoms with van der Waals surface area (Å²) in [4.78, 5) is 0. The van der Waals surface area contributed by atoms with E-state index in [0.717, 1.165) is 19.3 Å². The van der Waals surface area contributed by atoms with Gasteiger partial charge in [0.2, 0.25) is 0 Å². The largest absolute Gasteiger partial charge is 0.629 e. The minimum Gasteiger partial charge on any atom is -0.629 e. The topological polar surface area (TPSA) is 83.0 Å². The smallest absolute Gasteiger partial charge is 0.152 e. The summed E-state index contributed by atoms with van der Waals surface area (Å²) in [5, 5.41) is 22.6. The number of hydroxylamine groups is 2. The van der Waals surface area contributed by atoms with Crippen LogP contribution in [0, 0.1) is 11.1 Å². The van der Waals surface area contributed by atoms with Gasteiger partial charge in [0.25, 0.3) is 0 Å². The molecule has 0 amide bonds. The van der Waals surface area contributed by atoms with Crippen molar-refractivity contribution in [2.75, 3.05) is 13.7 Å². The molecule has 1 aromatic carbocycles. The van der Waals surface area contributed by atoms with Crippen LogP contribution in [0.1, 0.15) is 44.8 Å². The van der Waals surface area contributed by atoms with Gasteiger partial charge in [-0.15, -0.1) is 0 Å². The van der Waals surface area contributed by atoms with E-state index in [1.54, 1.807) is 19.2 Å². The van der Waals surface area contributed by atoms with Crippen LogP contribution in [-0.4, -0.2) is 30.9 Å². The Kier molecular flexibility index (Phi) is 9.18. The monoisotopic (exact) mass is 336 g/mol. The number of hydrogen-bond acceptors (Lipinski definition) is 4. The molecule has 1 aromatic rings. The fourth-order valence-corrected chi connectivity index (χ4v) is 2.96. The number of methoxy groups -OCH3 is 1. The molecule has 0 bridgehead atoms. The third-order valence-electron chi connectivity index (χ3n) is 4.46. The minimum atomic E-state index is -0.972. The molecule has 5 atom stereocenters. The number of benzene rings is 1. The van der Waals surface area contributed by atoms with Gasteiger partial charge >= 0.3 is 0 Å². The van der Waals surface area contributed by atoms with Gasteiger partial charge in [0, 0.05) is 19.1 Å². The lowest BCUT2D eigenvalue weighted by Gasteiger charge is -2.33. The Morgan fingerprint density at radius 1 is 1.38 bits per heavy atom. The Bertz CT molecular complexity index is 481. The molecular weight excluding hydrogens is 304 g/mol. The first-order valence-corrected chi connectivity index (χ1v) is 8.65. The number of quaternary nitrogens is 1. The summed E-state index contributed by atoms with van der Waals surface area (Å²) in [5.74, 6) is -0.0333. The van der Waals surface area contributed by atoms with Crippen LogP contribution in [0.2, 0.25) is 0 Å². The molecule has 0 spiro atoms. The van der Waals surface area contributed by atoms with Crippen LogP contribution >= 0.6 is 0 Å². The predicted molar refractivity (Wildman–Crippen MR) is 97.2 cm³/mol. The van der Waals surface area contributed by atoms with Crippen molar-refractivity contribution in [1.29, 1.82) is 0 Å². The zero-order valence-electron chi connectivity index (χ0n) is 15.1. The van der Waals surface area contributed by atoms with Crippen LogP contribution in [0.4, 0.5) is 0 Å². The number of unbranched alkanes of at least 4 members (excludes halogenated alkanes) is 1. The summed E-state index contributed by atoms with van der Waals surface area (Å²) in [5.41, 5.74) is 7.10. The molecular formula is C19H32N2O3. The summed E-state index contributed by atoms with van der Waals surface area (Å²) < 4.78 is 5.53. The third-order valence-corrected chi connectivity index (χ3v) is 4.46. The maximum atomic E-state index is 12.5. The van der Waals surface area contributed by atoms with Crippen LogP contribution in [0.15, 0.2) is 42.6 Å². The molecule has 1 unspecified atom stereocenters. The Balaban J connectivity index is 2.63. The van der Waals surface area contributed by atoms with E-state index in [1.807, 2.05) is 25.1 Å². The fraction of sp³-hybridized carbons (Fsp3) is 0.579. The molecule has 5 heteroatoms. The molecule has 136 valence electrons. The molecule has 0 radical (unpaired) electrons. The number of rotatable bonds is 11. The second-order valence-electron chi connectivity index (χ2n) is 6.45. The van der Waals surface area contributed by atoms with Crippen molar-refractivity contribution in [2.24, 2.45) is 11.7 Å². The zero-order chi connectivity index (χ0) is 18.1. The fourth-order valence-electron chi connectivity index (χ4n) is 2.96. The van der Waals surface area contributed by atoms with Crippen LogP contribution in [0.3, 0.4) is 0 Å². The van der Waals surface area contributed by atoms with E-state index in [9.17, 15) is 10.3 Å². The number of nitrogens with one attached hydrogen (secondary N) is 1. The molecule has 0 fully saturated rings. The Morgan fingerprint density at radius 3 is 2.54 bits per heavy atom. The molecule has 0 saturated carbocycles. The van der Waals surface area contributed by atoms with Crippen LogP contribution < -0.4 is 10.8 Å². The molecule has 0 aromatic heterocycles. The average Bonchev–Trinajstić information content (AvgIpc) is 2.59. The van der Waals surface area contributed by atoms with Crippen molar-refractivity contribution in [3.8, 4) is 0 Å². The van der Waals surface area contributed by atoms with Gasteiger partial charge in [0.1, 0.15) is 5.70 Å². The number of nitrogens with two attached hydrogens (primary N) is 1. The average molecular weight is 336 g/mol. The number of aliphatic hydroxyl groups is 1. The van der Waals surface area contributed by atoms with E-state index in [2.05, 4.69) is 13.5 Å². The van der Waals surface area contributed by atoms with Crippen molar-refractivity contribution < 1.29 is 14.9 Å². The summed E-state index contributed by atoms with van der Waals surface area (Å²) in [6.07, 6.45) is 1.85. The molecule has 0 saturated heterocycles. The van der Waals surface area contributed by atoms with Gasteiger partial charge in [-0.1, -0.05) is 57.0 Å². The van der Waals surface area contributed by atoms with Crippen molar-refractivity contribution in [1.82, 2.24) is 0 Å². The van der Waals surface area contributed by atoms with E-state index < -0.39 is 6.10 Å². The number of aliphatic hydroxyl groups excluding tert-OH is 1. The van der Waals surface area contributed by atoms with E-state index >= 15 is 0 Å². The first-order chi connectivity index (χ1) is 11.4. The maximum absolute atomic E-state index is 12.5. The van der Waals surface area contributed by atoms with E-state index in [0.29, 0.717) is 5.56 Å². The first-order valence-electron chi connectivity index (χ1n) is 8.65. The van der Waals surface area contributed by atoms with Gasteiger partial charge in [-0.2, -0.15) is 0 Å². The highest BCUT2D eigenvalue weighted by Gasteiger charge is 2.27. The first kappa shape index (κ1) is 20.8. The zero-order valence-corrected chi connectivity index (χ0v) is 15.1. The van der Waals surface area contributed by atoms with E-state index in [-0.39, 0.29) is 35.4 Å². The number of ether oxygens (including phenoxy) is 1. The summed E-state index contributed by atoms with van der Waals surface area (Å²) >= 11 is 0. The van der Waals surface area contributed by atoms with Gasteiger partial charge in [-0.25, -0.2) is 0 Å². The Hall–Kier alpha value is -1.24. The Labute approximate surface area is 145 Å². The van der Waals surface area contributed by atoms with Crippen LogP contribution in [0.25, 0.3) is 0 Å². The molecule has 0 aliphatic rings. The standard InChI is InChI=1S/C19H32N2O3/c1-5-6-12-17(20)19(24-4)14(2)13-21(23)15(3)18(22)16-10-8-7-9-11-16/h7-11,14,17-19,21-22H,3,5-6,12-13,20H2,1-2,4H3/t14-,17-,18+,19+/m0/s1. The molecule has 0 aliphatic heterocycles. The molecule has 4 N–H and O–H groups in total. The van der Waals surface area contributed by atoms with E-state index in [1.165, 1.54) is 0 Å². The normalized spacial score (nSPS) is 17.8. The van der Waals surface area contributed by atoms with Crippen molar-refractivity contribution in [2.45, 2.75) is 51.4 Å². The summed E-state index contributed by atoms with van der Waals surface area (Å²) in [7, 11) is 1.63. The molecule has 1 rings (SSSR count). The van der Waals surface area contributed by atoms with Crippen molar-refractivity contribution in [3.05, 3.63) is 53.4 Å². The summed E-state index contributed by atoms with van der Waals surface area (Å²) in [6, 6.07) is 8.99. The van der Waals surface area contributed by atoms with Crippen LogP contribution in [-0.2, 0) is 4.74 Å². The highest BCUT2D eigenvalue weighted by molar-refractivity contribution is 5.21. The minimum absolute atomic E-state index is 0.0333. The van der Waals surface area contributed by atoms with Gasteiger partial charge in [0.05, 0.1) is 12.6 Å². The maximum Gasteiger partial charge on any atom is 0.152 e. The quantitative estimate of drug-likeness (QED) is 0.538. The number of hydrogen-bond donors (Lipinski definition) is 3. The lowest BCUT2D eigenvalue weighted by Crippen LogP contribution is -3.06. The second kappa shape index (κ2) is 10.6. The van der Waals surface area contributed by atoms with Crippen molar-refractivity contribution in [3.63, 3.8) is 0 Å². The molecule has 0 aliphatic carbocycles. The third kappa shape index (κ3) is 6.00.